The summed E-state index contributed by atoms with van der Waals surface area (Å²) >= 11 is 6.95. The number of carbonyl (C=O) groups is 2. The van der Waals surface area contributed by atoms with Crippen LogP contribution in [0.4, 0.5) is 8.78 Å². The fraction of sp³-hybridized carbons (Fsp3) is 0.259. The molecule has 3 N–H and O–H groups in total. The third-order valence-corrected chi connectivity index (χ3v) is 16.5. The highest BCUT2D eigenvalue weighted by molar-refractivity contribution is 9.10. The van der Waals surface area contributed by atoms with Gasteiger partial charge in [-0.2, -0.15) is 10.2 Å². The van der Waals surface area contributed by atoms with Gasteiger partial charge in [-0.25, -0.2) is 28.7 Å². The van der Waals surface area contributed by atoms with Gasteiger partial charge in [0, 0.05) is 60.9 Å². The van der Waals surface area contributed by atoms with Crippen LogP contribution in [0.25, 0.3) is 66.9 Å². The summed E-state index contributed by atoms with van der Waals surface area (Å²) < 4.78 is 40.7. The Labute approximate surface area is 441 Å². The second-order valence-electron chi connectivity index (χ2n) is 20.3. The molecule has 2 aliphatic rings. The number of fused-ring (bicyclic) bond motifs is 4. The SMILES string of the molecule is Cn1nc(-c2cnc3[nH]cc(C(=O)NC4(c5ccc(Br)cc5)CC4)c3n2)c2ccc(F)cc21.Cn1nc(-c2cnc3c(n2)c(C(=O)NC2(c4ccc(Br)cc4)CC2)cn3COCC[Si](C)(C)C)c2ccc(F)cc21. The lowest BCUT2D eigenvalue weighted by atomic mass is 10.0. The van der Waals surface area contributed by atoms with Crippen LogP contribution in [-0.4, -0.2) is 75.5 Å². The van der Waals surface area contributed by atoms with E-state index in [0.717, 1.165) is 62.6 Å². The van der Waals surface area contributed by atoms with Crippen molar-refractivity contribution in [1.29, 1.82) is 0 Å². The average molecular weight is 1140 g/mol. The zero-order valence-corrected chi connectivity index (χ0v) is 45.3. The van der Waals surface area contributed by atoms with Gasteiger partial charge in [0.2, 0.25) is 0 Å². The number of aromatic nitrogens is 10. The first-order valence-corrected chi connectivity index (χ1v) is 29.5. The van der Waals surface area contributed by atoms with Crippen LogP contribution in [0.3, 0.4) is 0 Å². The van der Waals surface area contributed by atoms with E-state index in [2.05, 4.69) is 82.3 Å². The van der Waals surface area contributed by atoms with Gasteiger partial charge in [-0.1, -0.05) is 75.8 Å². The van der Waals surface area contributed by atoms with Gasteiger partial charge >= 0.3 is 0 Å². The van der Waals surface area contributed by atoms with Gasteiger partial charge in [0.25, 0.3) is 11.8 Å². The van der Waals surface area contributed by atoms with E-state index in [1.807, 2.05) is 53.1 Å². The molecule has 0 aliphatic heterocycles. The Morgan fingerprint density at radius 3 is 1.72 bits per heavy atom. The van der Waals surface area contributed by atoms with Crippen molar-refractivity contribution in [2.45, 2.75) is 69.2 Å². The summed E-state index contributed by atoms with van der Waals surface area (Å²) in [5.41, 5.74) is 7.78. The van der Waals surface area contributed by atoms with Crippen molar-refractivity contribution >= 4 is 95.9 Å². The standard InChI is InChI=1S/C30H32BrFN6O2Si.C24H18BrFN6O/c1-37-25-15-21(32)9-10-22(25)26(36-37)24-16-33-28-27(34-24)23(17-38(28)18-40-13-14-41(2,3)4)29(39)35-30(11-12-30)19-5-7-20(31)8-6-19;1-32-19-10-15(26)6-7-16(19)20(31-32)18-12-28-22-21(29-18)17(11-27-22)23(33)30-24(8-9-24)13-2-4-14(25)5-3-13/h5-10,15-17H,11-14,18H2,1-4H3,(H,35,39);2-7,10-12H,8-9H2,1H3,(H,27,28)(H,30,33). The maximum absolute atomic E-state index is 13.9. The minimum absolute atomic E-state index is 0.207. The third-order valence-electron chi connectivity index (χ3n) is 13.8. The molecule has 4 aromatic carbocycles. The van der Waals surface area contributed by atoms with Crippen LogP contribution in [0.15, 0.2) is 119 Å². The van der Waals surface area contributed by atoms with Crippen LogP contribution in [0.5, 0.6) is 0 Å². The van der Waals surface area contributed by atoms with Crippen molar-refractivity contribution in [2.24, 2.45) is 14.1 Å². The number of aryl methyl sites for hydroxylation is 2. The highest BCUT2D eigenvalue weighted by atomic mass is 79.9. The maximum atomic E-state index is 13.9. The molecule has 15 nitrogen and oxygen atoms in total. The van der Waals surface area contributed by atoms with Crippen molar-refractivity contribution in [1.82, 2.24) is 59.7 Å². The Bertz CT molecular complexity index is 3820. The highest BCUT2D eigenvalue weighted by Crippen LogP contribution is 2.47. The highest BCUT2D eigenvalue weighted by Gasteiger charge is 2.47. The lowest BCUT2D eigenvalue weighted by Gasteiger charge is -2.18. The summed E-state index contributed by atoms with van der Waals surface area (Å²) in [6, 6.07) is 26.2. The van der Waals surface area contributed by atoms with E-state index in [0.29, 0.717) is 73.9 Å². The van der Waals surface area contributed by atoms with E-state index in [1.165, 1.54) is 24.3 Å². The van der Waals surface area contributed by atoms with Crippen molar-refractivity contribution in [3.63, 3.8) is 0 Å². The maximum Gasteiger partial charge on any atom is 0.255 e. The molecule has 0 spiro atoms. The van der Waals surface area contributed by atoms with Gasteiger partial charge in [-0.05, 0) is 104 Å². The minimum Gasteiger partial charge on any atom is -0.361 e. The van der Waals surface area contributed by atoms with E-state index in [4.69, 9.17) is 19.7 Å². The Balaban J connectivity index is 0.000000162. The topological polar surface area (TPSA) is 175 Å². The van der Waals surface area contributed by atoms with Gasteiger partial charge in [0.15, 0.2) is 11.3 Å². The summed E-state index contributed by atoms with van der Waals surface area (Å²) in [5, 5.41) is 17.1. The third kappa shape index (κ3) is 9.66. The predicted molar refractivity (Wildman–Crippen MR) is 290 cm³/mol. The first-order chi connectivity index (χ1) is 35.5. The van der Waals surface area contributed by atoms with Gasteiger partial charge in [0.05, 0.1) is 45.6 Å². The molecule has 74 heavy (non-hydrogen) atoms. The smallest absolute Gasteiger partial charge is 0.255 e. The molecule has 2 saturated carbocycles. The zero-order valence-electron chi connectivity index (χ0n) is 41.1. The summed E-state index contributed by atoms with van der Waals surface area (Å²) in [4.78, 5) is 48.9. The monoisotopic (exact) mass is 1140 g/mol. The number of carbonyl (C=O) groups excluding carboxylic acids is 2. The van der Waals surface area contributed by atoms with E-state index in [1.54, 1.807) is 60.4 Å². The number of rotatable bonds is 13. The molecule has 2 fully saturated rings. The second kappa shape index (κ2) is 19.0. The van der Waals surface area contributed by atoms with Crippen molar-refractivity contribution in [3.05, 3.63) is 153 Å². The number of nitrogens with zero attached hydrogens (tertiary/aromatic N) is 9. The summed E-state index contributed by atoms with van der Waals surface area (Å²) in [6.07, 6.45) is 10.2. The molecule has 0 bridgehead atoms. The number of aromatic amines is 1. The number of hydrogen-bond acceptors (Lipinski definition) is 9. The van der Waals surface area contributed by atoms with Crippen LogP contribution < -0.4 is 10.6 Å². The van der Waals surface area contributed by atoms with E-state index in [9.17, 15) is 18.4 Å². The molecule has 376 valence electrons. The molecular formula is C54H50Br2F2N12O3Si. The molecule has 0 atom stereocenters. The number of H-pyrrole nitrogens is 1. The quantitative estimate of drug-likeness (QED) is 0.0749. The number of halogens is 4. The fourth-order valence-electron chi connectivity index (χ4n) is 9.32. The van der Waals surface area contributed by atoms with Crippen molar-refractivity contribution < 1.29 is 23.1 Å². The fourth-order valence-corrected chi connectivity index (χ4v) is 10.6. The molecule has 2 aliphatic carbocycles. The molecule has 2 amide bonds. The number of nitrogens with one attached hydrogen (secondary N) is 3. The number of hydrogen-bond donors (Lipinski definition) is 3. The van der Waals surface area contributed by atoms with Gasteiger partial charge in [0.1, 0.15) is 52.2 Å². The van der Waals surface area contributed by atoms with Crippen LogP contribution in [0.1, 0.15) is 57.5 Å². The van der Waals surface area contributed by atoms with Crippen LogP contribution in [0.2, 0.25) is 25.7 Å². The van der Waals surface area contributed by atoms with E-state index < -0.39 is 13.6 Å². The Morgan fingerprint density at radius 1 is 0.703 bits per heavy atom. The average Bonchev–Trinajstić information content (AvgIpc) is 4.16. The number of ether oxygens (including phenoxy) is 1. The molecule has 0 unspecified atom stereocenters. The molecule has 0 radical (unpaired) electrons. The number of benzene rings is 4. The van der Waals surface area contributed by atoms with Crippen LogP contribution in [0, 0.1) is 11.6 Å². The summed E-state index contributed by atoms with van der Waals surface area (Å²) in [7, 11) is 2.27. The lowest BCUT2D eigenvalue weighted by Crippen LogP contribution is -2.34. The Kier molecular flexibility index (Phi) is 12.7. The lowest BCUT2D eigenvalue weighted by molar-refractivity contribution is 0.0887. The normalized spacial score (nSPS) is 14.6. The molecule has 6 heterocycles. The van der Waals surface area contributed by atoms with Gasteiger partial charge in [-0.3, -0.25) is 19.0 Å². The predicted octanol–water partition coefficient (Wildman–Crippen LogP) is 11.5. The first kappa shape index (κ1) is 49.2. The molecule has 10 aromatic rings. The van der Waals surface area contributed by atoms with Gasteiger partial charge < -0.3 is 24.9 Å². The molecule has 6 aromatic heterocycles. The second-order valence-corrected chi connectivity index (χ2v) is 27.7. The summed E-state index contributed by atoms with van der Waals surface area (Å²) in [6.45, 7) is 7.85. The molecule has 20 heteroatoms. The molecule has 0 saturated heterocycles. The molecular weight excluding hydrogens is 1090 g/mol. The zero-order chi connectivity index (χ0) is 51.7. The van der Waals surface area contributed by atoms with Gasteiger partial charge in [-0.15, -0.1) is 0 Å². The Morgan fingerprint density at radius 2 is 1.20 bits per heavy atom. The van der Waals surface area contributed by atoms with E-state index in [-0.39, 0.29) is 35.7 Å². The first-order valence-electron chi connectivity index (χ1n) is 24.2. The van der Waals surface area contributed by atoms with E-state index >= 15 is 0 Å². The van der Waals surface area contributed by atoms with Crippen molar-refractivity contribution in [3.8, 4) is 22.8 Å². The Hall–Kier alpha value is -7.00. The summed E-state index contributed by atoms with van der Waals surface area (Å²) in [5.74, 6) is -1.08. The number of amides is 2. The van der Waals surface area contributed by atoms with Crippen LogP contribution >= 0.6 is 31.9 Å². The van der Waals surface area contributed by atoms with Crippen molar-refractivity contribution in [2.75, 3.05) is 6.61 Å². The van der Waals surface area contributed by atoms with Crippen LogP contribution in [-0.2, 0) is 36.6 Å². The minimum atomic E-state index is -1.25. The largest absolute Gasteiger partial charge is 0.361 e. The molecule has 12 rings (SSSR count).